The van der Waals surface area contributed by atoms with E-state index in [1.807, 2.05) is 54.6 Å². The highest BCUT2D eigenvalue weighted by Gasteiger charge is 2.38. The fraction of sp³-hybridized carbons (Fsp3) is 0.435. The molecule has 1 aliphatic carbocycles. The van der Waals surface area contributed by atoms with Crippen molar-refractivity contribution in [3.63, 3.8) is 0 Å². The minimum absolute atomic E-state index is 0.0527. The zero-order valence-corrected chi connectivity index (χ0v) is 16.9. The Morgan fingerprint density at radius 1 is 1.00 bits per heavy atom. The van der Waals surface area contributed by atoms with E-state index in [1.54, 1.807) is 0 Å². The maximum absolute atomic E-state index is 12.7. The van der Waals surface area contributed by atoms with Crippen LogP contribution in [0.3, 0.4) is 0 Å². The molecule has 1 saturated heterocycles. The highest BCUT2D eigenvalue weighted by atomic mass is 32.2. The van der Waals surface area contributed by atoms with Gasteiger partial charge < -0.3 is 10.6 Å². The van der Waals surface area contributed by atoms with Gasteiger partial charge in [-0.1, -0.05) is 55.3 Å². The molecule has 2 fully saturated rings. The Morgan fingerprint density at radius 2 is 1.75 bits per heavy atom. The predicted molar refractivity (Wildman–Crippen MR) is 114 cm³/mol. The fourth-order valence-electron chi connectivity index (χ4n) is 4.49. The maximum Gasteiger partial charge on any atom is 0.241 e. The molecule has 28 heavy (non-hydrogen) atoms. The highest BCUT2D eigenvalue weighted by molar-refractivity contribution is 7.83. The average molecular weight is 397 g/mol. The van der Waals surface area contributed by atoms with Crippen molar-refractivity contribution in [1.29, 1.82) is 0 Å². The number of anilines is 1. The van der Waals surface area contributed by atoms with E-state index in [4.69, 9.17) is 0 Å². The van der Waals surface area contributed by atoms with E-state index in [-0.39, 0.29) is 11.9 Å². The Morgan fingerprint density at radius 3 is 2.57 bits per heavy atom. The summed E-state index contributed by atoms with van der Waals surface area (Å²) in [7, 11) is -0.975. The summed E-state index contributed by atoms with van der Waals surface area (Å²) in [4.78, 5) is 12.7. The lowest BCUT2D eigenvalue weighted by molar-refractivity contribution is -0.117. The first-order valence-corrected chi connectivity index (χ1v) is 11.7. The molecular weight excluding hydrogens is 368 g/mol. The van der Waals surface area contributed by atoms with E-state index >= 15 is 0 Å². The maximum atomic E-state index is 12.7. The second kappa shape index (κ2) is 9.01. The van der Waals surface area contributed by atoms with Crippen molar-refractivity contribution < 1.29 is 9.00 Å². The first kappa shape index (κ1) is 19.3. The molecule has 1 amide bonds. The fourth-order valence-corrected chi connectivity index (χ4v) is 5.70. The lowest BCUT2D eigenvalue weighted by Gasteiger charge is -2.24. The van der Waals surface area contributed by atoms with Crippen molar-refractivity contribution >= 4 is 22.4 Å². The Kier molecular flexibility index (Phi) is 6.23. The smallest absolute Gasteiger partial charge is 0.241 e. The van der Waals surface area contributed by atoms with Gasteiger partial charge in [-0.05, 0) is 48.4 Å². The van der Waals surface area contributed by atoms with E-state index in [2.05, 4.69) is 10.6 Å². The third-order valence-corrected chi connectivity index (χ3v) is 7.18. The number of nitrogens with one attached hydrogen (secondary N) is 2. The zero-order valence-electron chi connectivity index (χ0n) is 16.1. The van der Waals surface area contributed by atoms with Crippen LogP contribution in [-0.4, -0.2) is 22.2 Å². The van der Waals surface area contributed by atoms with E-state index in [9.17, 15) is 9.00 Å². The van der Waals surface area contributed by atoms with Crippen LogP contribution >= 0.6 is 0 Å². The number of hydrogen-bond donors (Lipinski definition) is 2. The van der Waals surface area contributed by atoms with Crippen molar-refractivity contribution in [2.24, 2.45) is 5.92 Å². The molecule has 148 valence electrons. The first-order chi connectivity index (χ1) is 13.7. The molecule has 1 saturated carbocycles. The summed E-state index contributed by atoms with van der Waals surface area (Å²) in [5.41, 5.74) is 2.86. The predicted octanol–water partition coefficient (Wildman–Crippen LogP) is 3.99. The molecule has 5 heteroatoms. The topological polar surface area (TPSA) is 58.2 Å². The van der Waals surface area contributed by atoms with Crippen LogP contribution in [0.1, 0.15) is 43.2 Å². The van der Waals surface area contributed by atoms with Gasteiger partial charge in [0.05, 0.1) is 6.04 Å². The first-order valence-electron chi connectivity index (χ1n) is 10.2. The molecule has 2 N–H and O–H groups in total. The van der Waals surface area contributed by atoms with Crippen LogP contribution in [0.25, 0.3) is 0 Å². The summed E-state index contributed by atoms with van der Waals surface area (Å²) >= 11 is 0. The standard InChI is InChI=1S/C23H28N2O2S/c26-23(22-14-19-10-4-5-12-21(19)25-22)24-20-11-6-9-18(13-20)16-28(27)15-17-7-2-1-3-8-17/h1-3,6-9,11,13,19,21-22,25H,4-5,10,12,14-16H2,(H,24,26). The summed E-state index contributed by atoms with van der Waals surface area (Å²) < 4.78 is 12.5. The molecule has 4 rings (SSSR count). The Bertz CT molecular complexity index is 826. The largest absolute Gasteiger partial charge is 0.325 e. The van der Waals surface area contributed by atoms with Crippen molar-refractivity contribution in [3.05, 3.63) is 65.7 Å². The van der Waals surface area contributed by atoms with Crippen LogP contribution in [0.2, 0.25) is 0 Å². The summed E-state index contributed by atoms with van der Waals surface area (Å²) in [6, 6.07) is 18.1. The molecule has 1 aliphatic heterocycles. The van der Waals surface area contributed by atoms with E-state index < -0.39 is 10.8 Å². The van der Waals surface area contributed by atoms with Gasteiger partial charge in [-0.25, -0.2) is 0 Å². The SMILES string of the molecule is O=C(Nc1cccc(CS(=O)Cc2ccccc2)c1)C1CC2CCCCC2N1. The van der Waals surface area contributed by atoms with Crippen LogP contribution in [0.4, 0.5) is 5.69 Å². The van der Waals surface area contributed by atoms with Gasteiger partial charge in [0.25, 0.3) is 0 Å². The van der Waals surface area contributed by atoms with E-state index in [0.717, 1.165) is 23.2 Å². The lowest BCUT2D eigenvalue weighted by atomic mass is 9.85. The number of rotatable bonds is 6. The molecule has 4 unspecified atom stereocenters. The normalized spacial score (nSPS) is 25.1. The summed E-state index contributed by atoms with van der Waals surface area (Å²) in [6.45, 7) is 0. The van der Waals surface area contributed by atoms with E-state index in [1.165, 1.54) is 25.7 Å². The molecule has 0 bridgehead atoms. The minimum Gasteiger partial charge on any atom is -0.325 e. The van der Waals surface area contributed by atoms with Crippen molar-refractivity contribution in [2.45, 2.75) is 55.7 Å². The number of carbonyl (C=O) groups is 1. The van der Waals surface area contributed by atoms with Crippen molar-refractivity contribution in [3.8, 4) is 0 Å². The Hall–Kier alpha value is -1.98. The molecule has 4 nitrogen and oxygen atoms in total. The zero-order chi connectivity index (χ0) is 19.3. The summed E-state index contributed by atoms with van der Waals surface area (Å²) in [5.74, 6) is 1.74. The van der Waals surface area contributed by atoms with Crippen LogP contribution in [0.15, 0.2) is 54.6 Å². The third-order valence-electron chi connectivity index (χ3n) is 5.87. The van der Waals surface area contributed by atoms with Gasteiger partial charge in [0, 0.05) is 34.0 Å². The van der Waals surface area contributed by atoms with Gasteiger partial charge >= 0.3 is 0 Å². The number of benzene rings is 2. The monoisotopic (exact) mass is 396 g/mol. The quantitative estimate of drug-likeness (QED) is 0.776. The second-order valence-electron chi connectivity index (χ2n) is 8.01. The molecule has 2 aromatic rings. The molecule has 2 aromatic carbocycles. The molecule has 2 aliphatic rings. The van der Waals surface area contributed by atoms with Gasteiger partial charge in [0.15, 0.2) is 0 Å². The van der Waals surface area contributed by atoms with Crippen LogP contribution < -0.4 is 10.6 Å². The summed E-state index contributed by atoms with van der Waals surface area (Å²) in [5, 5.41) is 6.58. The minimum atomic E-state index is -0.975. The number of fused-ring (bicyclic) bond motifs is 1. The van der Waals surface area contributed by atoms with Gasteiger partial charge in [0.1, 0.15) is 0 Å². The lowest BCUT2D eigenvalue weighted by Crippen LogP contribution is -2.39. The van der Waals surface area contributed by atoms with E-state index in [0.29, 0.717) is 23.5 Å². The number of hydrogen-bond acceptors (Lipinski definition) is 3. The second-order valence-corrected chi connectivity index (χ2v) is 9.47. The Balaban J connectivity index is 1.33. The highest BCUT2D eigenvalue weighted by Crippen LogP contribution is 2.33. The van der Waals surface area contributed by atoms with Crippen LogP contribution in [0.5, 0.6) is 0 Å². The molecule has 0 radical (unpaired) electrons. The molecule has 0 aromatic heterocycles. The third kappa shape index (κ3) is 4.89. The van der Waals surface area contributed by atoms with Gasteiger partial charge in [0.2, 0.25) is 5.91 Å². The number of carbonyl (C=O) groups excluding carboxylic acids is 1. The van der Waals surface area contributed by atoms with Crippen LogP contribution in [-0.2, 0) is 27.1 Å². The Labute approximate surface area is 169 Å². The molecule has 1 heterocycles. The molecular formula is C23H28N2O2S. The molecule has 4 atom stereocenters. The summed E-state index contributed by atoms with van der Waals surface area (Å²) in [6.07, 6.45) is 5.93. The van der Waals surface area contributed by atoms with Gasteiger partial charge in [-0.2, -0.15) is 0 Å². The van der Waals surface area contributed by atoms with Crippen molar-refractivity contribution in [1.82, 2.24) is 5.32 Å². The average Bonchev–Trinajstić information content (AvgIpc) is 3.13. The van der Waals surface area contributed by atoms with Crippen LogP contribution in [0, 0.1) is 5.92 Å². The van der Waals surface area contributed by atoms with Gasteiger partial charge in [-0.3, -0.25) is 9.00 Å². The number of amides is 1. The van der Waals surface area contributed by atoms with Crippen molar-refractivity contribution in [2.75, 3.05) is 5.32 Å². The molecule has 0 spiro atoms. The van der Waals surface area contributed by atoms with Gasteiger partial charge in [-0.15, -0.1) is 0 Å².